The first-order valence-electron chi connectivity index (χ1n) is 11.8. The van der Waals surface area contributed by atoms with Crippen molar-refractivity contribution in [2.24, 2.45) is 0 Å². The number of imidazole rings is 1. The Bertz CT molecular complexity index is 1510. The van der Waals surface area contributed by atoms with E-state index in [1.54, 1.807) is 56.7 Å². The first kappa shape index (κ1) is 26.7. The second-order valence-corrected chi connectivity index (χ2v) is 11.0. The smallest absolute Gasteiger partial charge is 0.243 e. The lowest BCUT2D eigenvalue weighted by Gasteiger charge is -2.18. The Morgan fingerprint density at radius 1 is 0.973 bits per heavy atom. The van der Waals surface area contributed by atoms with Crippen molar-refractivity contribution in [2.45, 2.75) is 23.9 Å². The molecule has 0 amide bonds. The summed E-state index contributed by atoms with van der Waals surface area (Å²) >= 11 is 1.28. The molecule has 37 heavy (non-hydrogen) atoms. The summed E-state index contributed by atoms with van der Waals surface area (Å²) in [5.41, 5.74) is 2.54. The molecule has 8 nitrogen and oxygen atoms in total. The van der Waals surface area contributed by atoms with Crippen LogP contribution in [0.3, 0.4) is 0 Å². The van der Waals surface area contributed by atoms with E-state index in [-0.39, 0.29) is 16.4 Å². The van der Waals surface area contributed by atoms with Gasteiger partial charge in [-0.25, -0.2) is 13.4 Å². The number of ketones is 1. The Morgan fingerprint density at radius 2 is 1.68 bits per heavy atom. The Hall–Kier alpha value is -3.34. The molecule has 4 aromatic rings. The van der Waals surface area contributed by atoms with Gasteiger partial charge in [0.25, 0.3) is 0 Å². The lowest BCUT2D eigenvalue weighted by atomic mass is 10.1. The summed E-state index contributed by atoms with van der Waals surface area (Å²) in [6.07, 6.45) is 0. The van der Waals surface area contributed by atoms with Crippen LogP contribution in [0.15, 0.2) is 76.8 Å². The molecule has 0 saturated carbocycles. The number of aromatic nitrogens is 2. The molecule has 1 heterocycles. The second kappa shape index (κ2) is 11.4. The fourth-order valence-electron chi connectivity index (χ4n) is 4.05. The van der Waals surface area contributed by atoms with Gasteiger partial charge in [0.15, 0.2) is 10.9 Å². The van der Waals surface area contributed by atoms with Gasteiger partial charge in [-0.2, -0.15) is 4.31 Å². The average Bonchev–Trinajstić information content (AvgIpc) is 3.29. The largest absolute Gasteiger partial charge is 0.497 e. The lowest BCUT2D eigenvalue weighted by Crippen LogP contribution is -2.30. The molecule has 0 fully saturated rings. The third-order valence-electron chi connectivity index (χ3n) is 6.01. The van der Waals surface area contributed by atoms with Crippen LogP contribution in [0.4, 0.5) is 0 Å². The number of thioether (sulfide) groups is 1. The van der Waals surface area contributed by atoms with Crippen LogP contribution in [-0.2, 0) is 10.0 Å². The molecule has 0 saturated heterocycles. The van der Waals surface area contributed by atoms with Crippen molar-refractivity contribution in [3.8, 4) is 17.2 Å². The summed E-state index contributed by atoms with van der Waals surface area (Å²) in [4.78, 5) is 17.9. The number of para-hydroxylation sites is 2. The van der Waals surface area contributed by atoms with Gasteiger partial charge in [-0.1, -0.05) is 37.7 Å². The number of methoxy groups -OCH3 is 2. The molecule has 1 aromatic heterocycles. The highest BCUT2D eigenvalue weighted by atomic mass is 32.2. The molecule has 0 unspecified atom stereocenters. The van der Waals surface area contributed by atoms with Crippen molar-refractivity contribution in [1.29, 1.82) is 0 Å². The van der Waals surface area contributed by atoms with Gasteiger partial charge < -0.3 is 9.47 Å². The van der Waals surface area contributed by atoms with Gasteiger partial charge in [0, 0.05) is 18.7 Å². The topological polar surface area (TPSA) is 90.7 Å². The molecule has 10 heteroatoms. The predicted molar refractivity (Wildman–Crippen MR) is 146 cm³/mol. The molecule has 0 radical (unpaired) electrons. The highest BCUT2D eigenvalue weighted by Gasteiger charge is 2.24. The van der Waals surface area contributed by atoms with Crippen molar-refractivity contribution >= 4 is 38.6 Å². The Morgan fingerprint density at radius 3 is 2.32 bits per heavy atom. The minimum atomic E-state index is -3.65. The van der Waals surface area contributed by atoms with E-state index in [2.05, 4.69) is 0 Å². The Kier molecular flexibility index (Phi) is 8.21. The van der Waals surface area contributed by atoms with Crippen LogP contribution in [0, 0.1) is 0 Å². The zero-order valence-electron chi connectivity index (χ0n) is 21.2. The maximum atomic E-state index is 13.1. The van der Waals surface area contributed by atoms with Crippen LogP contribution in [-0.4, -0.2) is 61.1 Å². The van der Waals surface area contributed by atoms with Crippen LogP contribution in [0.25, 0.3) is 16.7 Å². The molecule has 4 rings (SSSR count). The summed E-state index contributed by atoms with van der Waals surface area (Å²) in [5, 5.41) is 0.554. The zero-order valence-corrected chi connectivity index (χ0v) is 22.8. The molecule has 3 aromatic carbocycles. The van der Waals surface area contributed by atoms with E-state index in [1.807, 2.05) is 42.7 Å². The van der Waals surface area contributed by atoms with Gasteiger partial charge in [-0.05, 0) is 54.6 Å². The first-order valence-corrected chi connectivity index (χ1v) is 14.2. The summed E-state index contributed by atoms with van der Waals surface area (Å²) in [5.74, 6) is 1.40. The minimum Gasteiger partial charge on any atom is -0.497 e. The SMILES string of the molecule is CCN(CC)S(=O)(=O)c1ccc2c(c1)nc(SCC(=O)c1ccc(OC)cc1)n2-c1ccccc1OC. The third-order valence-corrected chi connectivity index (χ3v) is 8.99. The monoisotopic (exact) mass is 539 g/mol. The number of rotatable bonds is 11. The summed E-state index contributed by atoms with van der Waals surface area (Å²) in [6, 6.07) is 19.4. The van der Waals surface area contributed by atoms with Gasteiger partial charge in [0.2, 0.25) is 10.0 Å². The van der Waals surface area contributed by atoms with E-state index in [9.17, 15) is 13.2 Å². The number of benzene rings is 3. The number of sulfonamides is 1. The molecule has 194 valence electrons. The Balaban J connectivity index is 1.77. The predicted octanol–water partition coefficient (Wildman–Crippen LogP) is 5.05. The molecular formula is C27H29N3O5S2. The number of nitrogens with zero attached hydrogens (tertiary/aromatic N) is 3. The van der Waals surface area contributed by atoms with Gasteiger partial charge in [0.1, 0.15) is 11.5 Å². The van der Waals surface area contributed by atoms with Crippen LogP contribution >= 0.6 is 11.8 Å². The van der Waals surface area contributed by atoms with Gasteiger partial charge in [-0.3, -0.25) is 9.36 Å². The second-order valence-electron chi connectivity index (χ2n) is 8.08. The Labute approximate surface area is 221 Å². The number of hydrogen-bond acceptors (Lipinski definition) is 7. The molecule has 0 spiro atoms. The summed E-state index contributed by atoms with van der Waals surface area (Å²) in [7, 11) is -0.486. The number of carbonyl (C=O) groups is 1. The van der Waals surface area contributed by atoms with Crippen LogP contribution in [0.2, 0.25) is 0 Å². The van der Waals surface area contributed by atoms with E-state index in [4.69, 9.17) is 14.5 Å². The summed E-state index contributed by atoms with van der Waals surface area (Å²) in [6.45, 7) is 4.37. The first-order chi connectivity index (χ1) is 17.8. The maximum absolute atomic E-state index is 13.1. The fraction of sp³-hybridized carbons (Fsp3) is 0.259. The quantitative estimate of drug-likeness (QED) is 0.195. The van der Waals surface area contributed by atoms with E-state index < -0.39 is 10.0 Å². The van der Waals surface area contributed by atoms with E-state index in [0.29, 0.717) is 46.3 Å². The van der Waals surface area contributed by atoms with Crippen molar-refractivity contribution in [2.75, 3.05) is 33.1 Å². The van der Waals surface area contributed by atoms with Crippen molar-refractivity contribution in [3.05, 3.63) is 72.3 Å². The van der Waals surface area contributed by atoms with Crippen LogP contribution in [0.5, 0.6) is 11.5 Å². The highest BCUT2D eigenvalue weighted by molar-refractivity contribution is 7.99. The average molecular weight is 540 g/mol. The molecule has 0 N–H and O–H groups in total. The van der Waals surface area contributed by atoms with Crippen molar-refractivity contribution in [3.63, 3.8) is 0 Å². The summed E-state index contributed by atoms with van der Waals surface area (Å²) < 4.78 is 40.3. The normalized spacial score (nSPS) is 11.7. The standard InChI is InChI=1S/C27H29N3O5S2/c1-5-29(6-2)37(32,33)21-15-16-23-22(17-21)28-27(30(23)24-9-7-8-10-26(24)35-4)36-18-25(31)19-11-13-20(34-3)14-12-19/h7-17H,5-6,18H2,1-4H3. The number of hydrogen-bond donors (Lipinski definition) is 0. The van der Waals surface area contributed by atoms with Crippen molar-refractivity contribution in [1.82, 2.24) is 13.9 Å². The molecular weight excluding hydrogens is 510 g/mol. The number of Topliss-reactive ketones (excluding diaryl/α,β-unsaturated/α-hetero) is 1. The number of ether oxygens (including phenoxy) is 2. The molecule has 0 aliphatic heterocycles. The van der Waals surface area contributed by atoms with E-state index >= 15 is 0 Å². The van der Waals surface area contributed by atoms with Gasteiger partial charge in [-0.15, -0.1) is 0 Å². The molecule has 0 aliphatic rings. The fourth-order valence-corrected chi connectivity index (χ4v) is 6.44. The van der Waals surface area contributed by atoms with Gasteiger partial charge >= 0.3 is 0 Å². The minimum absolute atomic E-state index is 0.0592. The zero-order chi connectivity index (χ0) is 26.6. The van der Waals surface area contributed by atoms with Crippen LogP contribution in [0.1, 0.15) is 24.2 Å². The highest BCUT2D eigenvalue weighted by Crippen LogP contribution is 2.34. The van der Waals surface area contributed by atoms with Gasteiger partial charge in [0.05, 0.1) is 41.6 Å². The maximum Gasteiger partial charge on any atom is 0.243 e. The van der Waals surface area contributed by atoms with E-state index in [1.165, 1.54) is 16.1 Å². The van der Waals surface area contributed by atoms with E-state index in [0.717, 1.165) is 5.69 Å². The number of fused-ring (bicyclic) bond motifs is 1. The molecule has 0 aliphatic carbocycles. The number of carbonyl (C=O) groups excluding carboxylic acids is 1. The van der Waals surface area contributed by atoms with Crippen LogP contribution < -0.4 is 9.47 Å². The molecule has 0 bridgehead atoms. The lowest BCUT2D eigenvalue weighted by molar-refractivity contribution is 0.102. The molecule has 0 atom stereocenters. The third kappa shape index (κ3) is 5.36. The van der Waals surface area contributed by atoms with Crippen molar-refractivity contribution < 1.29 is 22.7 Å².